The molecule has 0 aliphatic rings. The second-order valence-corrected chi connectivity index (χ2v) is 3.03. The van der Waals surface area contributed by atoms with E-state index in [0.717, 1.165) is 0 Å². The first kappa shape index (κ1) is 9.49. The van der Waals surface area contributed by atoms with E-state index in [9.17, 15) is 9.50 Å². The molecule has 0 saturated heterocycles. The van der Waals surface area contributed by atoms with Gasteiger partial charge in [0.1, 0.15) is 5.82 Å². The topological polar surface area (TPSA) is 20.2 Å². The largest absolute Gasteiger partial charge is 0.388 e. The number of benzene rings is 1. The van der Waals surface area contributed by atoms with Gasteiger partial charge in [-0.15, -0.1) is 0 Å². The van der Waals surface area contributed by atoms with Gasteiger partial charge in [0.05, 0.1) is 6.10 Å². The Morgan fingerprint density at radius 2 is 2.25 bits per heavy atom. The Balaban J connectivity index is 3.01. The normalized spacial score (nSPS) is 13.0. The monoisotopic (exact) mass is 188 g/mol. The number of rotatable bonds is 2. The van der Waals surface area contributed by atoms with Crippen molar-refractivity contribution in [1.82, 2.24) is 0 Å². The molecule has 0 aromatic heterocycles. The zero-order chi connectivity index (χ0) is 9.14. The summed E-state index contributed by atoms with van der Waals surface area (Å²) in [5.41, 5.74) is 0.307. The number of aliphatic hydroxyl groups excluding tert-OH is 1. The number of hydrogen-bond acceptors (Lipinski definition) is 1. The summed E-state index contributed by atoms with van der Waals surface area (Å²) in [4.78, 5) is 0. The van der Waals surface area contributed by atoms with Crippen LogP contribution in [0.2, 0.25) is 5.02 Å². The first-order valence-electron chi connectivity index (χ1n) is 3.78. The molecule has 12 heavy (non-hydrogen) atoms. The zero-order valence-corrected chi connectivity index (χ0v) is 7.48. The highest BCUT2D eigenvalue weighted by Crippen LogP contribution is 2.22. The summed E-state index contributed by atoms with van der Waals surface area (Å²) in [6, 6.07) is 4.28. The fraction of sp³-hybridized carbons (Fsp3) is 0.333. The average Bonchev–Trinajstić information content (AvgIpc) is 2.03. The third-order valence-electron chi connectivity index (χ3n) is 1.71. The van der Waals surface area contributed by atoms with Crippen LogP contribution in [0.5, 0.6) is 0 Å². The van der Waals surface area contributed by atoms with Gasteiger partial charge in [-0.2, -0.15) is 0 Å². The quantitative estimate of drug-likeness (QED) is 0.757. The molecule has 0 amide bonds. The van der Waals surface area contributed by atoms with Gasteiger partial charge in [-0.05, 0) is 18.6 Å². The molecule has 0 bridgehead atoms. The summed E-state index contributed by atoms with van der Waals surface area (Å²) in [6.45, 7) is 1.79. The van der Waals surface area contributed by atoms with E-state index >= 15 is 0 Å². The minimum absolute atomic E-state index is 0.307. The molecule has 1 N–H and O–H groups in total. The molecule has 1 nitrogen and oxygen atoms in total. The van der Waals surface area contributed by atoms with Crippen molar-refractivity contribution < 1.29 is 9.50 Å². The molecule has 0 saturated carbocycles. The first-order valence-corrected chi connectivity index (χ1v) is 4.16. The van der Waals surface area contributed by atoms with Crippen LogP contribution < -0.4 is 0 Å². The lowest BCUT2D eigenvalue weighted by Crippen LogP contribution is -1.98. The fourth-order valence-corrected chi connectivity index (χ4v) is 1.15. The van der Waals surface area contributed by atoms with Gasteiger partial charge in [0.15, 0.2) is 0 Å². The molecule has 0 radical (unpaired) electrons. The van der Waals surface area contributed by atoms with Crippen molar-refractivity contribution in [3.63, 3.8) is 0 Å². The Hall–Kier alpha value is -0.600. The van der Waals surface area contributed by atoms with Gasteiger partial charge in [-0.3, -0.25) is 0 Å². The summed E-state index contributed by atoms with van der Waals surface area (Å²) < 4.78 is 13.0. The lowest BCUT2D eigenvalue weighted by molar-refractivity contribution is 0.169. The van der Waals surface area contributed by atoms with Crippen molar-refractivity contribution in [3.05, 3.63) is 34.6 Å². The predicted octanol–water partition coefficient (Wildman–Crippen LogP) is 2.92. The molecule has 0 heterocycles. The minimum atomic E-state index is -0.734. The van der Waals surface area contributed by atoms with Gasteiger partial charge in [0.25, 0.3) is 0 Å². The van der Waals surface area contributed by atoms with Crippen molar-refractivity contribution in [3.8, 4) is 0 Å². The van der Waals surface area contributed by atoms with E-state index in [4.69, 9.17) is 11.6 Å². The Morgan fingerprint density at radius 1 is 1.58 bits per heavy atom. The predicted molar refractivity (Wildman–Crippen MR) is 46.7 cm³/mol. The van der Waals surface area contributed by atoms with E-state index in [1.54, 1.807) is 13.0 Å². The Labute approximate surface area is 75.8 Å². The molecule has 1 rings (SSSR count). The molecular formula is C9H10ClFO. The van der Waals surface area contributed by atoms with Gasteiger partial charge in [0, 0.05) is 10.6 Å². The lowest BCUT2D eigenvalue weighted by atomic mass is 10.1. The molecule has 3 heteroatoms. The zero-order valence-electron chi connectivity index (χ0n) is 6.72. The van der Waals surface area contributed by atoms with Gasteiger partial charge in [-0.25, -0.2) is 4.39 Å². The molecule has 0 unspecified atom stereocenters. The number of halogens is 2. The highest BCUT2D eigenvalue weighted by atomic mass is 35.5. The third kappa shape index (κ3) is 1.96. The lowest BCUT2D eigenvalue weighted by Gasteiger charge is -2.08. The van der Waals surface area contributed by atoms with E-state index in [-0.39, 0.29) is 0 Å². The van der Waals surface area contributed by atoms with Crippen LogP contribution in [0.4, 0.5) is 4.39 Å². The van der Waals surface area contributed by atoms with E-state index in [0.29, 0.717) is 17.0 Å². The van der Waals surface area contributed by atoms with E-state index in [2.05, 4.69) is 0 Å². The van der Waals surface area contributed by atoms with E-state index in [1.165, 1.54) is 12.1 Å². The maximum atomic E-state index is 13.0. The van der Waals surface area contributed by atoms with Crippen molar-refractivity contribution in [2.24, 2.45) is 0 Å². The van der Waals surface area contributed by atoms with Crippen molar-refractivity contribution >= 4 is 11.6 Å². The van der Waals surface area contributed by atoms with Crippen LogP contribution in [-0.2, 0) is 0 Å². The number of aliphatic hydroxyl groups is 1. The highest BCUT2D eigenvalue weighted by Gasteiger charge is 2.10. The van der Waals surface area contributed by atoms with Crippen LogP contribution in [-0.4, -0.2) is 5.11 Å². The molecular weight excluding hydrogens is 179 g/mol. The second kappa shape index (κ2) is 3.87. The SMILES string of the molecule is CC[C@H](O)c1ccc(Cl)cc1F. The summed E-state index contributed by atoms with van der Waals surface area (Å²) >= 11 is 5.54. The Bertz CT molecular complexity index is 275. The van der Waals surface area contributed by atoms with Gasteiger partial charge < -0.3 is 5.11 Å². The molecule has 1 atom stereocenters. The molecule has 1 aromatic rings. The fourth-order valence-electron chi connectivity index (χ4n) is 0.992. The molecule has 66 valence electrons. The third-order valence-corrected chi connectivity index (χ3v) is 1.94. The smallest absolute Gasteiger partial charge is 0.130 e. The van der Waals surface area contributed by atoms with Crippen LogP contribution in [0, 0.1) is 5.82 Å². The summed E-state index contributed by atoms with van der Waals surface area (Å²) in [6.07, 6.45) is -0.235. The maximum absolute atomic E-state index is 13.0. The Kier molecular flexibility index (Phi) is 3.06. The summed E-state index contributed by atoms with van der Waals surface area (Å²) in [7, 11) is 0. The van der Waals surface area contributed by atoms with Gasteiger partial charge in [-0.1, -0.05) is 24.6 Å². The Morgan fingerprint density at radius 3 is 2.75 bits per heavy atom. The summed E-state index contributed by atoms with van der Waals surface area (Å²) in [5.74, 6) is -0.447. The van der Waals surface area contributed by atoms with Crippen LogP contribution >= 0.6 is 11.6 Å². The van der Waals surface area contributed by atoms with Crippen molar-refractivity contribution in [2.45, 2.75) is 19.4 Å². The maximum Gasteiger partial charge on any atom is 0.130 e. The highest BCUT2D eigenvalue weighted by molar-refractivity contribution is 6.30. The van der Waals surface area contributed by atoms with Gasteiger partial charge >= 0.3 is 0 Å². The van der Waals surface area contributed by atoms with Crippen LogP contribution in [0.3, 0.4) is 0 Å². The van der Waals surface area contributed by atoms with E-state index < -0.39 is 11.9 Å². The molecule has 0 aliphatic carbocycles. The number of hydrogen-bond donors (Lipinski definition) is 1. The van der Waals surface area contributed by atoms with Crippen LogP contribution in [0.25, 0.3) is 0 Å². The van der Waals surface area contributed by atoms with Crippen LogP contribution in [0.15, 0.2) is 18.2 Å². The average molecular weight is 189 g/mol. The van der Waals surface area contributed by atoms with Crippen LogP contribution in [0.1, 0.15) is 25.0 Å². The van der Waals surface area contributed by atoms with Crippen molar-refractivity contribution in [1.29, 1.82) is 0 Å². The van der Waals surface area contributed by atoms with Crippen molar-refractivity contribution in [2.75, 3.05) is 0 Å². The molecule has 0 fully saturated rings. The summed E-state index contributed by atoms with van der Waals surface area (Å²) in [5, 5.41) is 9.66. The molecule has 0 aliphatic heterocycles. The second-order valence-electron chi connectivity index (χ2n) is 2.59. The molecule has 0 spiro atoms. The molecule has 1 aromatic carbocycles. The van der Waals surface area contributed by atoms with E-state index in [1.807, 2.05) is 0 Å². The first-order chi connectivity index (χ1) is 5.65. The van der Waals surface area contributed by atoms with Gasteiger partial charge in [0.2, 0.25) is 0 Å². The minimum Gasteiger partial charge on any atom is -0.388 e. The standard InChI is InChI=1S/C9H10ClFO/c1-2-9(12)7-4-3-6(10)5-8(7)11/h3-5,9,12H,2H2,1H3/t9-/m0/s1.